The molecule has 1 fully saturated rings. The van der Waals surface area contributed by atoms with Gasteiger partial charge in [-0.2, -0.15) is 5.10 Å². The molecule has 3 N–H and O–H groups in total. The van der Waals surface area contributed by atoms with Crippen LogP contribution in [0.1, 0.15) is 46.6 Å². The van der Waals surface area contributed by atoms with Crippen molar-refractivity contribution in [1.29, 1.82) is 0 Å². The molecule has 1 amide bonds. The number of aromatic amines is 2. The first kappa shape index (κ1) is 13.8. The molecule has 7 heteroatoms. The average Bonchev–Trinajstić information content (AvgIpc) is 3.16. The van der Waals surface area contributed by atoms with Crippen molar-refractivity contribution >= 4 is 5.91 Å². The van der Waals surface area contributed by atoms with Gasteiger partial charge in [0.1, 0.15) is 11.9 Å². The lowest BCUT2D eigenvalue weighted by molar-refractivity contribution is 0.0392. The van der Waals surface area contributed by atoms with Crippen molar-refractivity contribution in [3.63, 3.8) is 0 Å². The summed E-state index contributed by atoms with van der Waals surface area (Å²) >= 11 is 0. The van der Waals surface area contributed by atoms with Gasteiger partial charge in [-0.1, -0.05) is 0 Å². The maximum absolute atomic E-state index is 12.0. The number of hydrogen-bond acceptors (Lipinski definition) is 4. The van der Waals surface area contributed by atoms with Crippen LogP contribution in [-0.4, -0.2) is 38.7 Å². The lowest BCUT2D eigenvalue weighted by Crippen LogP contribution is -2.32. The quantitative estimate of drug-likeness (QED) is 0.792. The van der Waals surface area contributed by atoms with Gasteiger partial charge in [0.15, 0.2) is 5.82 Å². The molecule has 1 aliphatic rings. The topological polar surface area (TPSA) is 95.7 Å². The Morgan fingerprint density at radius 3 is 3.00 bits per heavy atom. The summed E-state index contributed by atoms with van der Waals surface area (Å²) in [5.74, 6) is 1.41. The number of nitrogens with one attached hydrogen (secondary N) is 3. The van der Waals surface area contributed by atoms with Crippen LogP contribution in [0.5, 0.6) is 0 Å². The number of hydrogen-bond donors (Lipinski definition) is 3. The van der Waals surface area contributed by atoms with Crippen molar-refractivity contribution in [2.75, 3.05) is 6.54 Å². The average molecular weight is 289 g/mol. The number of H-pyrrole nitrogens is 2. The van der Waals surface area contributed by atoms with Gasteiger partial charge in [-0.15, -0.1) is 0 Å². The molecule has 3 heterocycles. The van der Waals surface area contributed by atoms with E-state index in [1.54, 1.807) is 12.3 Å². The summed E-state index contributed by atoms with van der Waals surface area (Å²) in [6.07, 6.45) is 3.46. The molecule has 2 aromatic rings. The third-order valence-electron chi connectivity index (χ3n) is 3.70. The van der Waals surface area contributed by atoms with Crippen molar-refractivity contribution in [2.24, 2.45) is 0 Å². The first-order valence-electron chi connectivity index (χ1n) is 7.10. The Kier molecular flexibility index (Phi) is 3.74. The zero-order valence-electron chi connectivity index (χ0n) is 12.1. The van der Waals surface area contributed by atoms with Gasteiger partial charge in [0, 0.05) is 18.4 Å². The molecule has 112 valence electrons. The zero-order chi connectivity index (χ0) is 14.8. The van der Waals surface area contributed by atoms with E-state index in [9.17, 15) is 4.79 Å². The Morgan fingerprint density at radius 1 is 1.48 bits per heavy atom. The third kappa shape index (κ3) is 2.97. The fourth-order valence-electron chi connectivity index (χ4n) is 2.55. The number of rotatable bonds is 4. The largest absolute Gasteiger partial charge is 0.365 e. The number of ether oxygens (including phenoxy) is 1. The molecule has 1 saturated heterocycles. The van der Waals surface area contributed by atoms with Crippen LogP contribution in [0, 0.1) is 13.8 Å². The molecule has 1 aliphatic heterocycles. The second-order valence-electron chi connectivity index (χ2n) is 5.33. The normalized spacial score (nSPS) is 21.6. The first-order chi connectivity index (χ1) is 10.1. The molecule has 0 bridgehead atoms. The lowest BCUT2D eigenvalue weighted by atomic mass is 10.2. The summed E-state index contributed by atoms with van der Waals surface area (Å²) in [5.41, 5.74) is 1.54. The predicted octanol–water partition coefficient (Wildman–Crippen LogP) is 1.40. The standard InChI is InChI=1S/C14H19N5O2/c1-8-11(5-6-15-8)14(20)16-7-10-3-4-12(21-10)13-17-9(2)18-19-13/h5-6,10,12,15H,3-4,7H2,1-2H3,(H,16,20)(H,17,18,19)/t10-,12+/m1/s1. The molecule has 2 aromatic heterocycles. The van der Waals surface area contributed by atoms with Crippen molar-refractivity contribution < 1.29 is 9.53 Å². The van der Waals surface area contributed by atoms with Gasteiger partial charge in [0.2, 0.25) is 0 Å². The van der Waals surface area contributed by atoms with Crippen molar-refractivity contribution in [2.45, 2.75) is 38.9 Å². The molecule has 0 saturated carbocycles. The van der Waals surface area contributed by atoms with Crippen LogP contribution in [0.25, 0.3) is 0 Å². The second-order valence-corrected chi connectivity index (χ2v) is 5.33. The van der Waals surface area contributed by atoms with Crippen molar-refractivity contribution in [3.8, 4) is 0 Å². The highest BCUT2D eigenvalue weighted by atomic mass is 16.5. The van der Waals surface area contributed by atoms with E-state index in [-0.39, 0.29) is 18.1 Å². The van der Waals surface area contributed by atoms with E-state index in [4.69, 9.17) is 4.74 Å². The molecule has 0 aliphatic carbocycles. The maximum Gasteiger partial charge on any atom is 0.253 e. The van der Waals surface area contributed by atoms with E-state index in [1.165, 1.54) is 0 Å². The SMILES string of the molecule is Cc1nc([C@@H]2CC[C@H](CNC(=O)c3cc[nH]c3C)O2)n[nH]1. The van der Waals surface area contributed by atoms with Crippen LogP contribution in [0.4, 0.5) is 0 Å². The molecule has 3 rings (SSSR count). The van der Waals surface area contributed by atoms with E-state index in [0.717, 1.165) is 24.4 Å². The van der Waals surface area contributed by atoms with Gasteiger partial charge < -0.3 is 15.0 Å². The molecular formula is C14H19N5O2. The number of aromatic nitrogens is 4. The minimum absolute atomic E-state index is 0.0111. The van der Waals surface area contributed by atoms with Crippen LogP contribution in [0.2, 0.25) is 0 Å². The van der Waals surface area contributed by atoms with E-state index in [2.05, 4.69) is 25.5 Å². The summed E-state index contributed by atoms with van der Waals surface area (Å²) in [6.45, 7) is 4.24. The fraction of sp³-hybridized carbons (Fsp3) is 0.500. The fourth-order valence-corrected chi connectivity index (χ4v) is 2.55. The predicted molar refractivity (Wildman–Crippen MR) is 75.8 cm³/mol. The van der Waals surface area contributed by atoms with Gasteiger partial charge >= 0.3 is 0 Å². The Labute approximate surface area is 122 Å². The maximum atomic E-state index is 12.0. The summed E-state index contributed by atoms with van der Waals surface area (Å²) in [7, 11) is 0. The van der Waals surface area contributed by atoms with Crippen molar-refractivity contribution in [1.82, 2.24) is 25.5 Å². The van der Waals surface area contributed by atoms with Gasteiger partial charge in [0.25, 0.3) is 5.91 Å². The number of aryl methyl sites for hydroxylation is 2. The second kappa shape index (κ2) is 5.69. The molecule has 0 spiro atoms. The highest BCUT2D eigenvalue weighted by Gasteiger charge is 2.29. The lowest BCUT2D eigenvalue weighted by Gasteiger charge is -2.12. The highest BCUT2D eigenvalue weighted by molar-refractivity contribution is 5.95. The van der Waals surface area contributed by atoms with Crippen LogP contribution in [-0.2, 0) is 4.74 Å². The third-order valence-corrected chi connectivity index (χ3v) is 3.70. The smallest absolute Gasteiger partial charge is 0.253 e. The molecule has 7 nitrogen and oxygen atoms in total. The summed E-state index contributed by atoms with van der Waals surface area (Å²) < 4.78 is 5.89. The van der Waals surface area contributed by atoms with Crippen LogP contribution in [0.15, 0.2) is 12.3 Å². The van der Waals surface area contributed by atoms with Crippen LogP contribution < -0.4 is 5.32 Å². The Morgan fingerprint density at radius 2 is 2.33 bits per heavy atom. The van der Waals surface area contributed by atoms with E-state index in [0.29, 0.717) is 17.9 Å². The Balaban J connectivity index is 1.51. The Hall–Kier alpha value is -2.15. The number of nitrogens with zero attached hydrogens (tertiary/aromatic N) is 2. The minimum atomic E-state index is -0.0779. The molecular weight excluding hydrogens is 270 g/mol. The zero-order valence-corrected chi connectivity index (χ0v) is 12.1. The summed E-state index contributed by atoms with van der Waals surface area (Å²) in [6, 6.07) is 1.78. The van der Waals surface area contributed by atoms with Gasteiger partial charge in [-0.05, 0) is 32.8 Å². The molecule has 0 radical (unpaired) electrons. The molecule has 2 atom stereocenters. The summed E-state index contributed by atoms with van der Waals surface area (Å²) in [5, 5.41) is 9.86. The molecule has 0 aromatic carbocycles. The number of carbonyl (C=O) groups excluding carboxylic acids is 1. The van der Waals surface area contributed by atoms with Gasteiger partial charge in [0.05, 0.1) is 11.7 Å². The first-order valence-corrected chi connectivity index (χ1v) is 7.10. The van der Waals surface area contributed by atoms with Gasteiger partial charge in [-0.25, -0.2) is 4.98 Å². The minimum Gasteiger partial charge on any atom is -0.365 e. The van der Waals surface area contributed by atoms with E-state index >= 15 is 0 Å². The highest BCUT2D eigenvalue weighted by Crippen LogP contribution is 2.30. The monoisotopic (exact) mass is 289 g/mol. The van der Waals surface area contributed by atoms with Crippen LogP contribution in [0.3, 0.4) is 0 Å². The van der Waals surface area contributed by atoms with Crippen molar-refractivity contribution in [3.05, 3.63) is 35.2 Å². The Bertz CT molecular complexity index is 633. The number of amides is 1. The number of carbonyl (C=O) groups is 1. The summed E-state index contributed by atoms with van der Waals surface area (Å²) in [4.78, 5) is 19.3. The molecule has 21 heavy (non-hydrogen) atoms. The molecule has 0 unspecified atom stereocenters. The van der Waals surface area contributed by atoms with Crippen LogP contribution >= 0.6 is 0 Å². The van der Waals surface area contributed by atoms with E-state index < -0.39 is 0 Å². The van der Waals surface area contributed by atoms with E-state index in [1.807, 2.05) is 13.8 Å². The van der Waals surface area contributed by atoms with Gasteiger partial charge in [-0.3, -0.25) is 9.89 Å².